The first-order valence-corrected chi connectivity index (χ1v) is 8.11. The predicted molar refractivity (Wildman–Crippen MR) is 75.2 cm³/mol. The molecule has 3 heteroatoms. The van der Waals surface area contributed by atoms with E-state index in [-0.39, 0.29) is 5.54 Å². The lowest BCUT2D eigenvalue weighted by molar-refractivity contribution is -0.150. The van der Waals surface area contributed by atoms with Gasteiger partial charge in [0.25, 0.3) is 0 Å². The maximum Gasteiger partial charge on any atom is 0.305 e. The van der Waals surface area contributed by atoms with Crippen LogP contribution in [-0.2, 0) is 4.79 Å². The molecular weight excluding hydrogens is 238 g/mol. The van der Waals surface area contributed by atoms with Crippen molar-refractivity contribution < 1.29 is 9.90 Å². The van der Waals surface area contributed by atoms with Crippen molar-refractivity contribution in [3.8, 4) is 0 Å². The number of likely N-dealkylation sites (tertiary alicyclic amines) is 1. The Kier molecular flexibility index (Phi) is 3.59. The van der Waals surface area contributed by atoms with Crippen molar-refractivity contribution >= 4 is 5.97 Å². The summed E-state index contributed by atoms with van der Waals surface area (Å²) in [6, 6.07) is 0. The van der Waals surface area contributed by atoms with Gasteiger partial charge in [0.05, 0.1) is 6.42 Å². The standard InChI is InChI=1S/C16H27NO2/c18-14(19)11-16(9-5-2-6-10-16)17-12-15(13-17)7-3-1-4-8-15/h1-13H2,(H,18,19). The van der Waals surface area contributed by atoms with Gasteiger partial charge in [-0.3, -0.25) is 9.69 Å². The van der Waals surface area contributed by atoms with E-state index in [1.54, 1.807) is 0 Å². The Bertz CT molecular complexity index is 333. The minimum absolute atomic E-state index is 0.00673. The van der Waals surface area contributed by atoms with Crippen LogP contribution in [-0.4, -0.2) is 34.6 Å². The van der Waals surface area contributed by atoms with Crippen LogP contribution in [0.15, 0.2) is 0 Å². The number of carbonyl (C=O) groups is 1. The first-order chi connectivity index (χ1) is 9.14. The molecule has 1 N–H and O–H groups in total. The molecule has 3 fully saturated rings. The van der Waals surface area contributed by atoms with Gasteiger partial charge in [-0.05, 0) is 31.1 Å². The van der Waals surface area contributed by atoms with E-state index >= 15 is 0 Å². The van der Waals surface area contributed by atoms with Gasteiger partial charge in [0.2, 0.25) is 0 Å². The molecule has 0 unspecified atom stereocenters. The Morgan fingerprint density at radius 1 is 0.895 bits per heavy atom. The maximum absolute atomic E-state index is 11.3. The molecule has 19 heavy (non-hydrogen) atoms. The van der Waals surface area contributed by atoms with Crippen LogP contribution in [0.2, 0.25) is 0 Å². The van der Waals surface area contributed by atoms with Crippen LogP contribution < -0.4 is 0 Å². The van der Waals surface area contributed by atoms with E-state index in [9.17, 15) is 9.90 Å². The third-order valence-electron chi connectivity index (χ3n) is 5.90. The molecular formula is C16H27NO2. The summed E-state index contributed by atoms with van der Waals surface area (Å²) in [6.45, 7) is 2.36. The van der Waals surface area contributed by atoms with Crippen LogP contribution in [0.1, 0.15) is 70.6 Å². The van der Waals surface area contributed by atoms with Crippen LogP contribution in [0.25, 0.3) is 0 Å². The Hall–Kier alpha value is -0.570. The number of carboxylic acid groups (broad SMARTS) is 1. The zero-order chi connectivity index (χ0) is 13.3. The van der Waals surface area contributed by atoms with Gasteiger partial charge in [0.15, 0.2) is 0 Å². The van der Waals surface area contributed by atoms with Crippen LogP contribution in [0.4, 0.5) is 0 Å². The Labute approximate surface area is 116 Å². The molecule has 2 aliphatic carbocycles. The lowest BCUT2D eigenvalue weighted by Crippen LogP contribution is -2.66. The lowest BCUT2D eigenvalue weighted by atomic mass is 9.65. The molecule has 1 spiro atoms. The van der Waals surface area contributed by atoms with E-state index in [4.69, 9.17) is 0 Å². The number of nitrogens with zero attached hydrogens (tertiary/aromatic N) is 1. The van der Waals surface area contributed by atoms with Crippen molar-refractivity contribution in [2.45, 2.75) is 76.2 Å². The van der Waals surface area contributed by atoms with E-state index in [1.807, 2.05) is 0 Å². The normalized spacial score (nSPS) is 29.9. The second-order valence-corrected chi connectivity index (χ2v) is 7.27. The third-order valence-corrected chi connectivity index (χ3v) is 5.90. The first kappa shape index (κ1) is 13.4. The molecule has 0 radical (unpaired) electrons. The largest absolute Gasteiger partial charge is 0.481 e. The fraction of sp³-hybridized carbons (Fsp3) is 0.938. The molecule has 0 aromatic carbocycles. The highest BCUT2D eigenvalue weighted by atomic mass is 16.4. The Balaban J connectivity index is 1.66. The minimum atomic E-state index is -0.605. The summed E-state index contributed by atoms with van der Waals surface area (Å²) in [5.74, 6) is -0.605. The SMILES string of the molecule is O=C(O)CC1(N2CC3(CCCCC3)C2)CCCCC1. The highest BCUT2D eigenvalue weighted by Gasteiger charge is 2.52. The lowest BCUT2D eigenvalue weighted by Gasteiger charge is -2.60. The summed E-state index contributed by atoms with van der Waals surface area (Å²) in [5.41, 5.74) is 0.577. The second kappa shape index (κ2) is 5.08. The highest BCUT2D eigenvalue weighted by Crippen LogP contribution is 2.50. The minimum Gasteiger partial charge on any atom is -0.481 e. The molecule has 108 valence electrons. The zero-order valence-corrected chi connectivity index (χ0v) is 12.0. The van der Waals surface area contributed by atoms with E-state index < -0.39 is 5.97 Å². The molecule has 1 aliphatic heterocycles. The highest BCUT2D eigenvalue weighted by molar-refractivity contribution is 5.68. The molecule has 0 amide bonds. The number of aliphatic carboxylic acids is 1. The van der Waals surface area contributed by atoms with Crippen LogP contribution in [0.5, 0.6) is 0 Å². The van der Waals surface area contributed by atoms with Crippen LogP contribution >= 0.6 is 0 Å². The smallest absolute Gasteiger partial charge is 0.305 e. The van der Waals surface area contributed by atoms with Crippen molar-refractivity contribution in [3.63, 3.8) is 0 Å². The van der Waals surface area contributed by atoms with Crippen molar-refractivity contribution in [2.24, 2.45) is 5.41 Å². The number of hydrogen-bond donors (Lipinski definition) is 1. The molecule has 0 aromatic heterocycles. The fourth-order valence-electron chi connectivity index (χ4n) is 4.81. The average Bonchev–Trinajstić information content (AvgIpc) is 2.37. The van der Waals surface area contributed by atoms with Gasteiger partial charge in [-0.2, -0.15) is 0 Å². The topological polar surface area (TPSA) is 40.5 Å². The molecule has 2 saturated carbocycles. The van der Waals surface area contributed by atoms with Gasteiger partial charge in [0.1, 0.15) is 0 Å². The summed E-state index contributed by atoms with van der Waals surface area (Å²) in [4.78, 5) is 13.8. The summed E-state index contributed by atoms with van der Waals surface area (Å²) in [7, 11) is 0. The van der Waals surface area contributed by atoms with Gasteiger partial charge in [0, 0.05) is 18.6 Å². The summed E-state index contributed by atoms with van der Waals surface area (Å²) < 4.78 is 0. The molecule has 0 aromatic rings. The Morgan fingerprint density at radius 2 is 1.42 bits per heavy atom. The van der Waals surface area contributed by atoms with Crippen molar-refractivity contribution in [1.29, 1.82) is 0 Å². The molecule has 0 bridgehead atoms. The summed E-state index contributed by atoms with van der Waals surface area (Å²) >= 11 is 0. The third kappa shape index (κ3) is 2.54. The van der Waals surface area contributed by atoms with Crippen molar-refractivity contribution in [3.05, 3.63) is 0 Å². The summed E-state index contributed by atoms with van der Waals surface area (Å²) in [5, 5.41) is 9.27. The molecule has 3 rings (SSSR count). The number of rotatable bonds is 3. The fourth-order valence-corrected chi connectivity index (χ4v) is 4.81. The molecule has 1 heterocycles. The van der Waals surface area contributed by atoms with E-state index in [2.05, 4.69) is 4.90 Å². The summed E-state index contributed by atoms with van der Waals surface area (Å²) in [6.07, 6.45) is 13.3. The second-order valence-electron chi connectivity index (χ2n) is 7.27. The molecule has 1 saturated heterocycles. The molecule has 0 atom stereocenters. The van der Waals surface area contributed by atoms with Gasteiger partial charge in [-0.25, -0.2) is 0 Å². The van der Waals surface area contributed by atoms with Gasteiger partial charge < -0.3 is 5.11 Å². The Morgan fingerprint density at radius 3 is 1.95 bits per heavy atom. The monoisotopic (exact) mass is 265 g/mol. The van der Waals surface area contributed by atoms with E-state index in [0.29, 0.717) is 11.8 Å². The molecule has 3 nitrogen and oxygen atoms in total. The van der Waals surface area contributed by atoms with Gasteiger partial charge in [-0.1, -0.05) is 38.5 Å². The number of hydrogen-bond acceptors (Lipinski definition) is 2. The van der Waals surface area contributed by atoms with Crippen LogP contribution in [0, 0.1) is 5.41 Å². The van der Waals surface area contributed by atoms with Crippen LogP contribution in [0.3, 0.4) is 0 Å². The van der Waals surface area contributed by atoms with E-state index in [0.717, 1.165) is 12.8 Å². The predicted octanol–water partition coefficient (Wildman–Crippen LogP) is 3.43. The van der Waals surface area contributed by atoms with Gasteiger partial charge in [-0.15, -0.1) is 0 Å². The first-order valence-electron chi connectivity index (χ1n) is 8.11. The van der Waals surface area contributed by atoms with Gasteiger partial charge >= 0.3 is 5.97 Å². The quantitative estimate of drug-likeness (QED) is 0.850. The average molecular weight is 265 g/mol. The molecule has 3 aliphatic rings. The number of carboxylic acids is 1. The van der Waals surface area contributed by atoms with Crippen molar-refractivity contribution in [2.75, 3.05) is 13.1 Å². The van der Waals surface area contributed by atoms with Crippen molar-refractivity contribution in [1.82, 2.24) is 4.90 Å². The zero-order valence-electron chi connectivity index (χ0n) is 12.0. The van der Waals surface area contributed by atoms with E-state index in [1.165, 1.54) is 64.5 Å². The maximum atomic E-state index is 11.3.